The monoisotopic (exact) mass is 280 g/mol. The molecule has 2 rings (SSSR count). The number of nitrogens with one attached hydrogen (secondary N) is 1. The first-order valence-electron chi connectivity index (χ1n) is 7.88. The highest BCUT2D eigenvalue weighted by Crippen LogP contribution is 2.19. The normalized spacial score (nSPS) is 21.3. The summed E-state index contributed by atoms with van der Waals surface area (Å²) in [5, 5.41) is 7.72. The predicted octanol–water partition coefficient (Wildman–Crippen LogP) is 2.34. The molecular formula is C15H28N4O. The van der Waals surface area contributed by atoms with Gasteiger partial charge in [0.2, 0.25) is 0 Å². The largest absolute Gasteiger partial charge is 0.378 e. The van der Waals surface area contributed by atoms with E-state index in [0.717, 1.165) is 31.7 Å². The number of hydrogen-bond acceptors (Lipinski definition) is 4. The van der Waals surface area contributed by atoms with Gasteiger partial charge in [-0.15, -0.1) is 0 Å². The molecule has 0 bridgehead atoms. The first-order chi connectivity index (χ1) is 9.70. The smallest absolute Gasteiger partial charge is 0.138 e. The average Bonchev–Trinajstić information content (AvgIpc) is 2.93. The van der Waals surface area contributed by atoms with Gasteiger partial charge in [-0.2, -0.15) is 5.10 Å². The van der Waals surface area contributed by atoms with E-state index in [2.05, 4.69) is 29.2 Å². The van der Waals surface area contributed by atoms with Crippen molar-refractivity contribution < 1.29 is 4.74 Å². The van der Waals surface area contributed by atoms with E-state index in [1.54, 1.807) is 6.33 Å². The molecule has 0 aliphatic carbocycles. The molecule has 2 unspecified atom stereocenters. The van der Waals surface area contributed by atoms with Crippen molar-refractivity contribution in [3.05, 3.63) is 12.2 Å². The van der Waals surface area contributed by atoms with E-state index in [1.165, 1.54) is 19.3 Å². The van der Waals surface area contributed by atoms with Crippen LogP contribution in [0.1, 0.15) is 57.8 Å². The second-order valence-corrected chi connectivity index (χ2v) is 5.97. The topological polar surface area (TPSA) is 52.0 Å². The Morgan fingerprint density at radius 2 is 2.30 bits per heavy atom. The third kappa shape index (κ3) is 4.28. The van der Waals surface area contributed by atoms with E-state index < -0.39 is 0 Å². The predicted molar refractivity (Wildman–Crippen MR) is 79.8 cm³/mol. The Morgan fingerprint density at radius 1 is 1.45 bits per heavy atom. The van der Waals surface area contributed by atoms with E-state index in [1.807, 2.05) is 11.7 Å². The third-order valence-electron chi connectivity index (χ3n) is 4.08. The molecule has 0 radical (unpaired) electrons. The first-order valence-corrected chi connectivity index (χ1v) is 7.88. The lowest BCUT2D eigenvalue weighted by Crippen LogP contribution is -2.31. The maximum atomic E-state index is 5.81. The Hall–Kier alpha value is -0.940. The molecule has 0 saturated carbocycles. The zero-order valence-corrected chi connectivity index (χ0v) is 13.0. The number of aromatic nitrogens is 3. The van der Waals surface area contributed by atoms with Crippen LogP contribution in [-0.2, 0) is 11.2 Å². The van der Waals surface area contributed by atoms with Gasteiger partial charge in [0.25, 0.3) is 0 Å². The molecule has 5 heteroatoms. The van der Waals surface area contributed by atoms with Crippen LogP contribution in [0.15, 0.2) is 6.33 Å². The van der Waals surface area contributed by atoms with Gasteiger partial charge in [-0.05, 0) is 53.0 Å². The van der Waals surface area contributed by atoms with Crippen LogP contribution in [0.25, 0.3) is 0 Å². The Bertz CT molecular complexity index is 385. The minimum atomic E-state index is 0.367. The van der Waals surface area contributed by atoms with Crippen LogP contribution in [0, 0.1) is 0 Å². The second kappa shape index (κ2) is 7.74. The van der Waals surface area contributed by atoms with Crippen molar-refractivity contribution in [1.82, 2.24) is 20.1 Å². The fourth-order valence-electron chi connectivity index (χ4n) is 2.84. The van der Waals surface area contributed by atoms with Crippen molar-refractivity contribution >= 4 is 0 Å². The first kappa shape index (κ1) is 15.4. The minimum Gasteiger partial charge on any atom is -0.378 e. The molecule has 1 fully saturated rings. The van der Waals surface area contributed by atoms with Crippen LogP contribution in [0.5, 0.6) is 0 Å². The highest BCUT2D eigenvalue weighted by atomic mass is 16.5. The summed E-state index contributed by atoms with van der Waals surface area (Å²) in [7, 11) is 2.03. The molecule has 1 saturated heterocycles. The lowest BCUT2D eigenvalue weighted by atomic mass is 10.00. The number of likely N-dealkylation sites (N-methyl/N-ethyl adjacent to an activating group) is 1. The number of rotatable bonds is 7. The van der Waals surface area contributed by atoms with Crippen LogP contribution in [0.4, 0.5) is 0 Å². The highest BCUT2D eigenvalue weighted by molar-refractivity contribution is 4.91. The molecule has 2 atom stereocenters. The van der Waals surface area contributed by atoms with Gasteiger partial charge in [0, 0.05) is 25.1 Å². The van der Waals surface area contributed by atoms with Crippen molar-refractivity contribution in [2.75, 3.05) is 13.7 Å². The molecule has 5 nitrogen and oxygen atoms in total. The van der Waals surface area contributed by atoms with Crippen LogP contribution in [0.3, 0.4) is 0 Å². The van der Waals surface area contributed by atoms with E-state index >= 15 is 0 Å². The zero-order chi connectivity index (χ0) is 14.4. The van der Waals surface area contributed by atoms with Gasteiger partial charge in [0.05, 0.1) is 6.10 Å². The van der Waals surface area contributed by atoms with Crippen molar-refractivity contribution in [2.45, 2.75) is 70.6 Å². The van der Waals surface area contributed by atoms with E-state index in [0.29, 0.717) is 18.2 Å². The molecular weight excluding hydrogens is 252 g/mol. The molecule has 0 aromatic carbocycles. The standard InChI is InChI=1S/C15H28N4O/c1-12(2)19-15(17-11-18-19)10-13(16-3)7-8-14-6-4-5-9-20-14/h11-14,16H,4-10H2,1-3H3. The maximum absolute atomic E-state index is 5.81. The van der Waals surface area contributed by atoms with Gasteiger partial charge in [0.15, 0.2) is 0 Å². The summed E-state index contributed by atoms with van der Waals surface area (Å²) in [4.78, 5) is 4.40. The average molecular weight is 280 g/mol. The Labute approximate surface area is 122 Å². The van der Waals surface area contributed by atoms with E-state index in [4.69, 9.17) is 4.74 Å². The van der Waals surface area contributed by atoms with Gasteiger partial charge in [-0.1, -0.05) is 0 Å². The van der Waals surface area contributed by atoms with Crippen LogP contribution < -0.4 is 5.32 Å². The summed E-state index contributed by atoms with van der Waals surface area (Å²) in [6.45, 7) is 5.22. The highest BCUT2D eigenvalue weighted by Gasteiger charge is 2.18. The molecule has 20 heavy (non-hydrogen) atoms. The summed E-state index contributed by atoms with van der Waals surface area (Å²) in [5.74, 6) is 1.07. The lowest BCUT2D eigenvalue weighted by Gasteiger charge is -2.25. The molecule has 1 N–H and O–H groups in total. The molecule has 1 aliphatic heterocycles. The summed E-state index contributed by atoms with van der Waals surface area (Å²) in [6.07, 6.45) is 9.09. The Kier molecular flexibility index (Phi) is 5.98. The third-order valence-corrected chi connectivity index (χ3v) is 4.08. The summed E-state index contributed by atoms with van der Waals surface area (Å²) < 4.78 is 7.82. The molecule has 1 aliphatic rings. The molecule has 1 aromatic rings. The van der Waals surface area contributed by atoms with Crippen LogP contribution in [0.2, 0.25) is 0 Å². The second-order valence-electron chi connectivity index (χ2n) is 5.97. The van der Waals surface area contributed by atoms with Crippen molar-refractivity contribution in [3.63, 3.8) is 0 Å². The van der Waals surface area contributed by atoms with Crippen LogP contribution >= 0.6 is 0 Å². The number of nitrogens with zero attached hydrogens (tertiary/aromatic N) is 3. The zero-order valence-electron chi connectivity index (χ0n) is 13.0. The molecule has 0 spiro atoms. The Balaban J connectivity index is 1.83. The van der Waals surface area contributed by atoms with Crippen molar-refractivity contribution in [1.29, 1.82) is 0 Å². The van der Waals surface area contributed by atoms with Crippen LogP contribution in [-0.4, -0.2) is 40.6 Å². The van der Waals surface area contributed by atoms with Gasteiger partial charge in [-0.25, -0.2) is 9.67 Å². The molecule has 2 heterocycles. The SMILES string of the molecule is CNC(CCC1CCCCO1)Cc1ncnn1C(C)C. The fraction of sp³-hybridized carbons (Fsp3) is 0.867. The number of ether oxygens (including phenoxy) is 1. The fourth-order valence-corrected chi connectivity index (χ4v) is 2.84. The minimum absolute atomic E-state index is 0.367. The Morgan fingerprint density at radius 3 is 2.95 bits per heavy atom. The molecule has 114 valence electrons. The summed E-state index contributed by atoms with van der Waals surface area (Å²) in [5.41, 5.74) is 0. The lowest BCUT2D eigenvalue weighted by molar-refractivity contribution is 0.00865. The van der Waals surface area contributed by atoms with Gasteiger partial charge in [0.1, 0.15) is 12.2 Å². The van der Waals surface area contributed by atoms with E-state index in [9.17, 15) is 0 Å². The van der Waals surface area contributed by atoms with Gasteiger partial charge < -0.3 is 10.1 Å². The maximum Gasteiger partial charge on any atom is 0.138 e. The van der Waals surface area contributed by atoms with Gasteiger partial charge in [-0.3, -0.25) is 0 Å². The summed E-state index contributed by atoms with van der Waals surface area (Å²) in [6, 6.07) is 0.814. The van der Waals surface area contributed by atoms with Crippen molar-refractivity contribution in [2.24, 2.45) is 0 Å². The van der Waals surface area contributed by atoms with Crippen molar-refractivity contribution in [3.8, 4) is 0 Å². The number of hydrogen-bond donors (Lipinski definition) is 1. The molecule has 1 aromatic heterocycles. The van der Waals surface area contributed by atoms with E-state index in [-0.39, 0.29) is 0 Å². The molecule has 0 amide bonds. The summed E-state index contributed by atoms with van der Waals surface area (Å²) >= 11 is 0. The van der Waals surface area contributed by atoms with Gasteiger partial charge >= 0.3 is 0 Å². The quantitative estimate of drug-likeness (QED) is 0.833.